The number of Topliss-reactive ketones (excluding diaryl/α,β-unsaturated/α-hetero) is 1. The number of benzene rings is 2. The molecule has 2 rings (SSSR count). The zero-order valence-corrected chi connectivity index (χ0v) is 12.3. The third kappa shape index (κ3) is 3.33. The molecule has 0 saturated heterocycles. The SMILES string of the molecule is CC(=O)c1ccc(Oc2ccc(Cl)cc2Br)c(F)c1. The number of carbonyl (C=O) groups is 1. The Morgan fingerprint density at radius 3 is 2.47 bits per heavy atom. The van der Waals surface area contributed by atoms with Crippen LogP contribution in [0.4, 0.5) is 4.39 Å². The molecule has 98 valence electrons. The predicted octanol–water partition coefficient (Wildman–Crippen LogP) is 5.24. The molecule has 0 fully saturated rings. The highest BCUT2D eigenvalue weighted by molar-refractivity contribution is 9.10. The van der Waals surface area contributed by atoms with Crippen LogP contribution < -0.4 is 4.74 Å². The Bertz CT molecular complexity index is 643. The highest BCUT2D eigenvalue weighted by atomic mass is 79.9. The molecule has 0 N–H and O–H groups in total. The Labute approximate surface area is 123 Å². The molecule has 0 radical (unpaired) electrons. The first-order valence-electron chi connectivity index (χ1n) is 5.41. The van der Waals surface area contributed by atoms with E-state index < -0.39 is 5.82 Å². The summed E-state index contributed by atoms with van der Waals surface area (Å²) < 4.78 is 19.8. The summed E-state index contributed by atoms with van der Waals surface area (Å²) in [6.07, 6.45) is 0. The lowest BCUT2D eigenvalue weighted by molar-refractivity contribution is 0.101. The van der Waals surface area contributed by atoms with Crippen LogP contribution in [-0.4, -0.2) is 5.78 Å². The van der Waals surface area contributed by atoms with Crippen LogP contribution in [0.3, 0.4) is 0 Å². The van der Waals surface area contributed by atoms with E-state index in [0.717, 1.165) is 6.07 Å². The number of ether oxygens (including phenoxy) is 1. The van der Waals surface area contributed by atoms with E-state index in [4.69, 9.17) is 16.3 Å². The molecule has 0 aliphatic heterocycles. The van der Waals surface area contributed by atoms with Crippen LogP contribution in [0.2, 0.25) is 5.02 Å². The lowest BCUT2D eigenvalue weighted by atomic mass is 10.1. The maximum atomic E-state index is 13.8. The topological polar surface area (TPSA) is 26.3 Å². The smallest absolute Gasteiger partial charge is 0.166 e. The fourth-order valence-corrected chi connectivity index (χ4v) is 2.24. The van der Waals surface area contributed by atoms with Crippen molar-refractivity contribution in [2.24, 2.45) is 0 Å². The number of hydrogen-bond donors (Lipinski definition) is 0. The van der Waals surface area contributed by atoms with Crippen molar-refractivity contribution in [2.75, 3.05) is 0 Å². The lowest BCUT2D eigenvalue weighted by Gasteiger charge is -2.09. The van der Waals surface area contributed by atoms with E-state index >= 15 is 0 Å². The van der Waals surface area contributed by atoms with Gasteiger partial charge in [0.15, 0.2) is 17.3 Å². The van der Waals surface area contributed by atoms with E-state index in [-0.39, 0.29) is 11.5 Å². The number of hydrogen-bond acceptors (Lipinski definition) is 2. The van der Waals surface area contributed by atoms with Crippen molar-refractivity contribution in [3.05, 3.63) is 57.3 Å². The Morgan fingerprint density at radius 1 is 1.21 bits per heavy atom. The largest absolute Gasteiger partial charge is 0.453 e. The molecule has 0 unspecified atom stereocenters. The van der Waals surface area contributed by atoms with Crippen LogP contribution >= 0.6 is 27.5 Å². The molecule has 0 atom stereocenters. The van der Waals surface area contributed by atoms with Gasteiger partial charge in [-0.25, -0.2) is 4.39 Å². The molecule has 0 heterocycles. The Balaban J connectivity index is 2.31. The van der Waals surface area contributed by atoms with Gasteiger partial charge in [-0.05, 0) is 59.3 Å². The first-order valence-corrected chi connectivity index (χ1v) is 6.58. The fraction of sp³-hybridized carbons (Fsp3) is 0.0714. The van der Waals surface area contributed by atoms with Crippen molar-refractivity contribution in [2.45, 2.75) is 6.92 Å². The van der Waals surface area contributed by atoms with Crippen molar-refractivity contribution < 1.29 is 13.9 Å². The summed E-state index contributed by atoms with van der Waals surface area (Å²) in [7, 11) is 0. The van der Waals surface area contributed by atoms with E-state index in [2.05, 4.69) is 15.9 Å². The highest BCUT2D eigenvalue weighted by Crippen LogP contribution is 2.33. The second kappa shape index (κ2) is 5.72. The van der Waals surface area contributed by atoms with Gasteiger partial charge in [-0.3, -0.25) is 4.79 Å². The van der Waals surface area contributed by atoms with Gasteiger partial charge in [-0.15, -0.1) is 0 Å². The first kappa shape index (κ1) is 14.0. The van der Waals surface area contributed by atoms with E-state index in [1.807, 2.05) is 0 Å². The summed E-state index contributed by atoms with van der Waals surface area (Å²) in [6, 6.07) is 9.02. The molecule has 2 aromatic carbocycles. The van der Waals surface area contributed by atoms with Crippen molar-refractivity contribution in [3.8, 4) is 11.5 Å². The summed E-state index contributed by atoms with van der Waals surface area (Å²) >= 11 is 9.09. The molecule has 0 amide bonds. The molecule has 0 aliphatic carbocycles. The normalized spacial score (nSPS) is 10.3. The van der Waals surface area contributed by atoms with Gasteiger partial charge in [0.1, 0.15) is 5.75 Å². The molecule has 2 aromatic rings. The van der Waals surface area contributed by atoms with Gasteiger partial charge < -0.3 is 4.74 Å². The average molecular weight is 344 g/mol. The Morgan fingerprint density at radius 2 is 1.89 bits per heavy atom. The molecule has 19 heavy (non-hydrogen) atoms. The minimum absolute atomic E-state index is 0.0491. The predicted molar refractivity (Wildman–Crippen MR) is 75.6 cm³/mol. The van der Waals surface area contributed by atoms with Crippen LogP contribution in [-0.2, 0) is 0 Å². The monoisotopic (exact) mass is 342 g/mol. The summed E-state index contributed by atoms with van der Waals surface area (Å²) in [4.78, 5) is 11.1. The van der Waals surface area contributed by atoms with Gasteiger partial charge in [0, 0.05) is 10.6 Å². The third-order valence-corrected chi connectivity index (χ3v) is 3.31. The van der Waals surface area contributed by atoms with Crippen LogP contribution in [0.1, 0.15) is 17.3 Å². The fourth-order valence-electron chi connectivity index (χ4n) is 1.48. The van der Waals surface area contributed by atoms with E-state index in [9.17, 15) is 9.18 Å². The van der Waals surface area contributed by atoms with Crippen LogP contribution in [0, 0.1) is 5.82 Å². The molecule has 0 aliphatic rings. The van der Waals surface area contributed by atoms with Crippen LogP contribution in [0.5, 0.6) is 11.5 Å². The van der Waals surface area contributed by atoms with Gasteiger partial charge in [0.25, 0.3) is 0 Å². The highest BCUT2D eigenvalue weighted by Gasteiger charge is 2.10. The molecular weight excluding hydrogens is 335 g/mol. The molecule has 5 heteroatoms. The maximum absolute atomic E-state index is 13.8. The summed E-state index contributed by atoms with van der Waals surface area (Å²) in [6.45, 7) is 1.38. The number of halogens is 3. The molecular formula is C14H9BrClFO2. The van der Waals surface area contributed by atoms with Gasteiger partial charge in [-0.2, -0.15) is 0 Å². The zero-order chi connectivity index (χ0) is 14.0. The second-order valence-corrected chi connectivity index (χ2v) is 5.17. The molecule has 2 nitrogen and oxygen atoms in total. The summed E-state index contributed by atoms with van der Waals surface area (Å²) in [5, 5.41) is 0.548. The zero-order valence-electron chi connectivity index (χ0n) is 9.91. The van der Waals surface area contributed by atoms with Gasteiger partial charge >= 0.3 is 0 Å². The first-order chi connectivity index (χ1) is 8.97. The molecule has 0 bridgehead atoms. The Hall–Kier alpha value is -1.39. The number of carbonyl (C=O) groups excluding carboxylic acids is 1. The summed E-state index contributed by atoms with van der Waals surface area (Å²) in [5.74, 6) is -0.292. The minimum atomic E-state index is -0.588. The van der Waals surface area contributed by atoms with Gasteiger partial charge in [0.2, 0.25) is 0 Å². The van der Waals surface area contributed by atoms with E-state index in [0.29, 0.717) is 20.8 Å². The van der Waals surface area contributed by atoms with Gasteiger partial charge in [-0.1, -0.05) is 11.6 Å². The van der Waals surface area contributed by atoms with Crippen molar-refractivity contribution in [3.63, 3.8) is 0 Å². The minimum Gasteiger partial charge on any atom is -0.453 e. The van der Waals surface area contributed by atoms with Crippen LogP contribution in [0.25, 0.3) is 0 Å². The standard InChI is InChI=1S/C14H9BrClFO2/c1-8(18)9-2-4-14(12(17)6-9)19-13-5-3-10(16)7-11(13)15/h2-7H,1H3. The van der Waals surface area contributed by atoms with Crippen molar-refractivity contribution in [1.82, 2.24) is 0 Å². The number of rotatable bonds is 3. The van der Waals surface area contributed by atoms with Crippen molar-refractivity contribution in [1.29, 1.82) is 0 Å². The third-order valence-electron chi connectivity index (χ3n) is 2.45. The Kier molecular flexibility index (Phi) is 4.22. The molecule has 0 aromatic heterocycles. The van der Waals surface area contributed by atoms with E-state index in [1.54, 1.807) is 18.2 Å². The molecule has 0 saturated carbocycles. The van der Waals surface area contributed by atoms with Gasteiger partial charge in [0.05, 0.1) is 4.47 Å². The average Bonchev–Trinajstić information content (AvgIpc) is 2.34. The second-order valence-electron chi connectivity index (χ2n) is 3.88. The van der Waals surface area contributed by atoms with E-state index in [1.165, 1.54) is 19.1 Å². The molecule has 0 spiro atoms. The quantitative estimate of drug-likeness (QED) is 0.713. The summed E-state index contributed by atoms with van der Waals surface area (Å²) in [5.41, 5.74) is 0.306. The lowest BCUT2D eigenvalue weighted by Crippen LogP contribution is -1.95. The maximum Gasteiger partial charge on any atom is 0.166 e. The number of ketones is 1. The van der Waals surface area contributed by atoms with Crippen LogP contribution in [0.15, 0.2) is 40.9 Å². The van der Waals surface area contributed by atoms with Crippen molar-refractivity contribution >= 4 is 33.3 Å².